The maximum atomic E-state index is 12.2. The van der Waals surface area contributed by atoms with Crippen LogP contribution in [-0.2, 0) is 16.0 Å². The van der Waals surface area contributed by atoms with E-state index in [1.54, 1.807) is 0 Å². The minimum Gasteiger partial charge on any atom is -0.355 e. The number of nitrogens with one attached hydrogen (secondary N) is 1. The normalized spacial score (nSPS) is 15.2. The molecule has 0 spiro atoms. The van der Waals surface area contributed by atoms with E-state index in [4.69, 9.17) is 0 Å². The minimum absolute atomic E-state index is 0.0211. The molecule has 1 heterocycles. The molecule has 130 valence electrons. The van der Waals surface area contributed by atoms with E-state index in [1.165, 1.54) is 5.56 Å². The Morgan fingerprint density at radius 2 is 1.84 bits per heavy atom. The van der Waals surface area contributed by atoms with E-state index >= 15 is 0 Å². The number of amides is 2. The van der Waals surface area contributed by atoms with Gasteiger partial charge in [0.2, 0.25) is 11.8 Å². The van der Waals surface area contributed by atoms with E-state index in [0.717, 1.165) is 24.2 Å². The van der Waals surface area contributed by atoms with Crippen LogP contribution in [0.4, 0.5) is 5.69 Å². The van der Waals surface area contributed by atoms with Crippen LogP contribution in [0.2, 0.25) is 0 Å². The Kier molecular flexibility index (Phi) is 5.49. The zero-order valence-electron chi connectivity index (χ0n) is 14.6. The summed E-state index contributed by atoms with van der Waals surface area (Å²) in [5.74, 6) is 0.488. The Morgan fingerprint density at radius 3 is 2.48 bits per heavy atom. The molecule has 0 radical (unpaired) electrons. The Balaban J connectivity index is 1.50. The summed E-state index contributed by atoms with van der Waals surface area (Å²) < 4.78 is 0. The molecular weight excluding hydrogens is 312 g/mol. The van der Waals surface area contributed by atoms with Gasteiger partial charge in [0.25, 0.3) is 0 Å². The lowest BCUT2D eigenvalue weighted by Gasteiger charge is -2.16. The molecule has 3 rings (SSSR count). The first-order valence-electron chi connectivity index (χ1n) is 8.84. The molecule has 1 aliphatic rings. The predicted molar refractivity (Wildman–Crippen MR) is 99.6 cm³/mol. The van der Waals surface area contributed by atoms with Crippen LogP contribution in [0.15, 0.2) is 54.6 Å². The van der Waals surface area contributed by atoms with Gasteiger partial charge < -0.3 is 10.2 Å². The van der Waals surface area contributed by atoms with Gasteiger partial charge in [0.1, 0.15) is 0 Å². The van der Waals surface area contributed by atoms with Crippen LogP contribution in [0, 0.1) is 0 Å². The number of hydrogen-bond donors (Lipinski definition) is 1. The van der Waals surface area contributed by atoms with Crippen molar-refractivity contribution in [2.75, 3.05) is 18.0 Å². The summed E-state index contributed by atoms with van der Waals surface area (Å²) in [6.45, 7) is 3.52. The van der Waals surface area contributed by atoms with Crippen LogP contribution in [0.25, 0.3) is 0 Å². The highest BCUT2D eigenvalue weighted by Gasteiger charge is 2.21. The zero-order valence-corrected chi connectivity index (χ0v) is 14.6. The van der Waals surface area contributed by atoms with E-state index in [2.05, 4.69) is 24.4 Å². The third-order valence-electron chi connectivity index (χ3n) is 4.66. The molecule has 0 saturated carbocycles. The van der Waals surface area contributed by atoms with E-state index in [9.17, 15) is 9.59 Å². The molecular formula is C21H24N2O2. The predicted octanol–water partition coefficient (Wildman–Crippen LogP) is 3.28. The van der Waals surface area contributed by atoms with Crippen molar-refractivity contribution in [3.63, 3.8) is 0 Å². The first-order chi connectivity index (χ1) is 12.1. The third kappa shape index (κ3) is 4.47. The molecule has 2 aromatic carbocycles. The number of rotatable bonds is 6. The first-order valence-corrected chi connectivity index (χ1v) is 8.84. The Bertz CT molecular complexity index is 725. The van der Waals surface area contributed by atoms with Crippen molar-refractivity contribution in [1.29, 1.82) is 0 Å². The van der Waals surface area contributed by atoms with Crippen LogP contribution in [0.3, 0.4) is 0 Å². The fourth-order valence-corrected chi connectivity index (χ4v) is 3.13. The quantitative estimate of drug-likeness (QED) is 0.880. The molecule has 1 saturated heterocycles. The van der Waals surface area contributed by atoms with Crippen molar-refractivity contribution in [3.8, 4) is 0 Å². The molecule has 0 aromatic heterocycles. The monoisotopic (exact) mass is 336 g/mol. The maximum absolute atomic E-state index is 12.2. The van der Waals surface area contributed by atoms with E-state index in [1.807, 2.05) is 47.4 Å². The summed E-state index contributed by atoms with van der Waals surface area (Å²) in [4.78, 5) is 25.7. The smallest absolute Gasteiger partial charge is 0.227 e. The van der Waals surface area contributed by atoms with Crippen LogP contribution < -0.4 is 10.2 Å². The van der Waals surface area contributed by atoms with Gasteiger partial charge in [-0.2, -0.15) is 0 Å². The van der Waals surface area contributed by atoms with E-state index in [-0.39, 0.29) is 17.7 Å². The van der Waals surface area contributed by atoms with Gasteiger partial charge in [0.05, 0.1) is 6.42 Å². The number of carbonyl (C=O) groups is 2. The molecule has 25 heavy (non-hydrogen) atoms. The molecule has 0 aliphatic carbocycles. The number of hydrogen-bond acceptors (Lipinski definition) is 2. The van der Waals surface area contributed by atoms with Crippen molar-refractivity contribution in [2.45, 2.75) is 32.1 Å². The van der Waals surface area contributed by atoms with Gasteiger partial charge in [-0.05, 0) is 35.6 Å². The Labute approximate surface area is 148 Å². The zero-order chi connectivity index (χ0) is 17.6. The van der Waals surface area contributed by atoms with Crippen LogP contribution in [0.5, 0.6) is 0 Å². The summed E-state index contributed by atoms with van der Waals surface area (Å²) in [6.07, 6.45) is 1.90. The average molecular weight is 336 g/mol. The maximum Gasteiger partial charge on any atom is 0.227 e. The van der Waals surface area contributed by atoms with Crippen molar-refractivity contribution >= 4 is 17.5 Å². The molecule has 1 N–H and O–H groups in total. The lowest BCUT2D eigenvalue weighted by molar-refractivity contribution is -0.120. The summed E-state index contributed by atoms with van der Waals surface area (Å²) in [5, 5.41) is 3.00. The number of benzene rings is 2. The van der Waals surface area contributed by atoms with Crippen LogP contribution in [0.1, 0.15) is 36.8 Å². The van der Waals surface area contributed by atoms with Crippen LogP contribution >= 0.6 is 0 Å². The summed E-state index contributed by atoms with van der Waals surface area (Å²) >= 11 is 0. The second-order valence-corrected chi connectivity index (χ2v) is 6.61. The fourth-order valence-electron chi connectivity index (χ4n) is 3.13. The van der Waals surface area contributed by atoms with Crippen LogP contribution in [-0.4, -0.2) is 24.9 Å². The topological polar surface area (TPSA) is 49.4 Å². The second-order valence-electron chi connectivity index (χ2n) is 6.61. The Morgan fingerprint density at radius 1 is 1.12 bits per heavy atom. The van der Waals surface area contributed by atoms with Gasteiger partial charge in [-0.15, -0.1) is 0 Å². The fraction of sp³-hybridized carbons (Fsp3) is 0.333. The van der Waals surface area contributed by atoms with Gasteiger partial charge in [-0.1, -0.05) is 49.4 Å². The molecule has 0 bridgehead atoms. The SMILES string of the molecule is C[C@@H](CNC(=O)Cc1ccc(N2CCCC2=O)cc1)c1ccccc1. The van der Waals surface area contributed by atoms with Crippen molar-refractivity contribution in [2.24, 2.45) is 0 Å². The summed E-state index contributed by atoms with van der Waals surface area (Å²) in [6, 6.07) is 17.9. The molecule has 4 heteroatoms. The molecule has 1 atom stereocenters. The van der Waals surface area contributed by atoms with Crippen molar-refractivity contribution in [1.82, 2.24) is 5.32 Å². The number of nitrogens with zero attached hydrogens (tertiary/aromatic N) is 1. The number of anilines is 1. The average Bonchev–Trinajstić information content (AvgIpc) is 3.07. The molecule has 2 amide bonds. The van der Waals surface area contributed by atoms with Gasteiger partial charge in [-0.25, -0.2) is 0 Å². The van der Waals surface area contributed by atoms with E-state index < -0.39 is 0 Å². The summed E-state index contributed by atoms with van der Waals surface area (Å²) in [7, 11) is 0. The first kappa shape index (κ1) is 17.2. The highest BCUT2D eigenvalue weighted by atomic mass is 16.2. The molecule has 1 aliphatic heterocycles. The Hall–Kier alpha value is -2.62. The highest BCUT2D eigenvalue weighted by molar-refractivity contribution is 5.95. The van der Waals surface area contributed by atoms with Gasteiger partial charge in [0, 0.05) is 25.2 Å². The molecule has 2 aromatic rings. The van der Waals surface area contributed by atoms with Gasteiger partial charge in [-0.3, -0.25) is 9.59 Å². The van der Waals surface area contributed by atoms with E-state index in [0.29, 0.717) is 19.4 Å². The van der Waals surface area contributed by atoms with Gasteiger partial charge >= 0.3 is 0 Å². The second kappa shape index (κ2) is 7.97. The lowest BCUT2D eigenvalue weighted by Crippen LogP contribution is -2.29. The standard InChI is InChI=1S/C21H24N2O2/c1-16(18-6-3-2-4-7-18)15-22-20(24)14-17-9-11-19(12-10-17)23-13-5-8-21(23)25/h2-4,6-7,9-12,16H,5,8,13-15H2,1H3,(H,22,24)/t16-/m0/s1. The molecule has 0 unspecified atom stereocenters. The van der Waals surface area contributed by atoms with Gasteiger partial charge in [0.15, 0.2) is 0 Å². The van der Waals surface area contributed by atoms with Crippen molar-refractivity contribution in [3.05, 3.63) is 65.7 Å². The lowest BCUT2D eigenvalue weighted by atomic mass is 10.0. The molecule has 4 nitrogen and oxygen atoms in total. The number of carbonyl (C=O) groups excluding carboxylic acids is 2. The minimum atomic E-state index is 0.0211. The van der Waals surface area contributed by atoms with Crippen molar-refractivity contribution < 1.29 is 9.59 Å². The molecule has 1 fully saturated rings. The highest BCUT2D eigenvalue weighted by Crippen LogP contribution is 2.21. The summed E-state index contributed by atoms with van der Waals surface area (Å²) in [5.41, 5.74) is 3.10. The largest absolute Gasteiger partial charge is 0.355 e. The third-order valence-corrected chi connectivity index (χ3v) is 4.66.